The highest BCUT2D eigenvalue weighted by molar-refractivity contribution is 7.85. The molecule has 0 radical (unpaired) electrons. The van der Waals surface area contributed by atoms with Crippen LogP contribution in [-0.4, -0.2) is 38.9 Å². The molecular weight excluding hydrogens is 300 g/mol. The monoisotopic (exact) mass is 326 g/mol. The average Bonchev–Trinajstić information content (AvgIpc) is 3.06. The van der Waals surface area contributed by atoms with Crippen molar-refractivity contribution in [1.82, 2.24) is 15.8 Å². The quantitative estimate of drug-likeness (QED) is 0.616. The van der Waals surface area contributed by atoms with Crippen molar-refractivity contribution >= 4 is 16.8 Å². The summed E-state index contributed by atoms with van der Waals surface area (Å²) >= 11 is 0. The summed E-state index contributed by atoms with van der Waals surface area (Å²) in [5.74, 6) is 1.54. The minimum Gasteiger partial charge on any atom is -0.364 e. The van der Waals surface area contributed by atoms with Gasteiger partial charge in [-0.1, -0.05) is 18.5 Å². The van der Waals surface area contributed by atoms with E-state index in [-0.39, 0.29) is 0 Å². The van der Waals surface area contributed by atoms with Crippen LogP contribution in [0.2, 0.25) is 0 Å². The first-order valence-corrected chi connectivity index (χ1v) is 9.42. The van der Waals surface area contributed by atoms with E-state index in [1.165, 1.54) is 0 Å². The minimum atomic E-state index is -0.703. The number of aromatic nitrogens is 1. The van der Waals surface area contributed by atoms with Crippen molar-refractivity contribution in [2.45, 2.75) is 57.4 Å². The topological polar surface area (TPSA) is 79.5 Å². The van der Waals surface area contributed by atoms with Gasteiger partial charge in [-0.15, -0.1) is 0 Å². The van der Waals surface area contributed by atoms with Gasteiger partial charge >= 0.3 is 0 Å². The lowest BCUT2D eigenvalue weighted by Crippen LogP contribution is -2.46. The van der Waals surface area contributed by atoms with E-state index in [0.29, 0.717) is 17.8 Å². The number of rotatable bonds is 6. The van der Waals surface area contributed by atoms with Crippen LogP contribution in [0.15, 0.2) is 21.8 Å². The smallest absolute Gasteiger partial charge is 0.191 e. The number of hydrogen-bond acceptors (Lipinski definition) is 4. The molecule has 1 aromatic rings. The third kappa shape index (κ3) is 5.12. The molecular formula is C15H26N4O2S. The summed E-state index contributed by atoms with van der Waals surface area (Å²) in [6.45, 7) is 5.34. The van der Waals surface area contributed by atoms with Crippen molar-refractivity contribution in [3.05, 3.63) is 18.0 Å². The molecule has 2 N–H and O–H groups in total. The Morgan fingerprint density at radius 1 is 1.50 bits per heavy atom. The summed E-state index contributed by atoms with van der Waals surface area (Å²) in [6, 6.07) is 2.15. The predicted molar refractivity (Wildman–Crippen MR) is 89.2 cm³/mol. The van der Waals surface area contributed by atoms with Crippen LogP contribution in [-0.2, 0) is 17.3 Å². The Kier molecular flexibility index (Phi) is 6.89. The van der Waals surface area contributed by atoms with Crippen molar-refractivity contribution < 1.29 is 8.73 Å². The third-order valence-corrected chi connectivity index (χ3v) is 5.60. The molecule has 0 aliphatic heterocycles. The van der Waals surface area contributed by atoms with Gasteiger partial charge in [-0.05, 0) is 26.2 Å². The second-order valence-electron chi connectivity index (χ2n) is 5.49. The van der Waals surface area contributed by atoms with Crippen LogP contribution in [0, 0.1) is 0 Å². The second-order valence-corrected chi connectivity index (χ2v) is 7.49. The molecule has 1 fully saturated rings. The van der Waals surface area contributed by atoms with E-state index in [9.17, 15) is 4.21 Å². The van der Waals surface area contributed by atoms with Gasteiger partial charge in [-0.25, -0.2) is 4.99 Å². The Balaban J connectivity index is 1.92. The number of nitrogens with one attached hydrogen (secondary N) is 2. The molecule has 1 aromatic heterocycles. The van der Waals surface area contributed by atoms with Gasteiger partial charge in [0.05, 0.1) is 6.54 Å². The van der Waals surface area contributed by atoms with Crippen LogP contribution in [0.4, 0.5) is 0 Å². The van der Waals surface area contributed by atoms with Gasteiger partial charge in [0.25, 0.3) is 0 Å². The standard InChI is InChI=1S/C15H26N4O2S/c1-3-16-15(17-11-13-8-9-21-19-13)18-12-6-5-7-14(10-12)22(20)4-2/h8-9,12,14H,3-7,10-11H2,1-2H3,(H2,16,17,18). The highest BCUT2D eigenvalue weighted by Crippen LogP contribution is 2.22. The van der Waals surface area contributed by atoms with Gasteiger partial charge in [0, 0.05) is 40.5 Å². The first kappa shape index (κ1) is 17.0. The fourth-order valence-electron chi connectivity index (χ4n) is 2.74. The highest BCUT2D eigenvalue weighted by Gasteiger charge is 2.25. The fourth-order valence-corrected chi connectivity index (χ4v) is 4.09. The normalized spacial score (nSPS) is 24.0. The van der Waals surface area contributed by atoms with Gasteiger partial charge in [0.15, 0.2) is 5.96 Å². The number of aliphatic imine (C=N–C) groups is 1. The van der Waals surface area contributed by atoms with E-state index in [2.05, 4.69) is 20.8 Å². The maximum absolute atomic E-state index is 12.0. The molecule has 0 aromatic carbocycles. The first-order chi connectivity index (χ1) is 10.7. The van der Waals surface area contributed by atoms with Crippen LogP contribution in [0.1, 0.15) is 45.2 Å². The predicted octanol–water partition coefficient (Wildman–Crippen LogP) is 1.81. The lowest BCUT2D eigenvalue weighted by Gasteiger charge is -2.30. The van der Waals surface area contributed by atoms with Crippen LogP contribution in [0.25, 0.3) is 0 Å². The molecule has 22 heavy (non-hydrogen) atoms. The molecule has 2 rings (SSSR count). The zero-order valence-electron chi connectivity index (χ0n) is 13.4. The second kappa shape index (κ2) is 8.92. The largest absolute Gasteiger partial charge is 0.364 e. The zero-order valence-corrected chi connectivity index (χ0v) is 14.2. The minimum absolute atomic E-state index is 0.315. The zero-order chi connectivity index (χ0) is 15.8. The van der Waals surface area contributed by atoms with Crippen molar-refractivity contribution in [3.63, 3.8) is 0 Å². The van der Waals surface area contributed by atoms with Gasteiger partial charge in [-0.3, -0.25) is 4.21 Å². The number of hydrogen-bond donors (Lipinski definition) is 2. The molecule has 1 aliphatic rings. The van der Waals surface area contributed by atoms with Gasteiger partial charge in [0.1, 0.15) is 12.0 Å². The Morgan fingerprint density at radius 2 is 2.36 bits per heavy atom. The third-order valence-electron chi connectivity index (χ3n) is 3.86. The van der Waals surface area contributed by atoms with E-state index in [4.69, 9.17) is 4.52 Å². The summed E-state index contributed by atoms with van der Waals surface area (Å²) in [6.07, 6.45) is 5.81. The number of nitrogens with zero attached hydrogens (tertiary/aromatic N) is 2. The molecule has 124 valence electrons. The lowest BCUT2D eigenvalue weighted by atomic mass is 9.95. The van der Waals surface area contributed by atoms with Crippen molar-refractivity contribution in [3.8, 4) is 0 Å². The SMILES string of the molecule is CCNC(=NCc1ccon1)NC1CCCC(S(=O)CC)C1. The molecule has 3 unspecified atom stereocenters. The van der Waals surface area contributed by atoms with Crippen LogP contribution >= 0.6 is 0 Å². The molecule has 6 nitrogen and oxygen atoms in total. The van der Waals surface area contributed by atoms with E-state index in [1.54, 1.807) is 6.26 Å². The van der Waals surface area contributed by atoms with E-state index >= 15 is 0 Å². The van der Waals surface area contributed by atoms with Crippen LogP contribution in [0.5, 0.6) is 0 Å². The fraction of sp³-hybridized carbons (Fsp3) is 0.733. The lowest BCUT2D eigenvalue weighted by molar-refractivity contribution is 0.410. The Hall–Kier alpha value is -1.37. The van der Waals surface area contributed by atoms with Crippen LogP contribution in [0.3, 0.4) is 0 Å². The maximum atomic E-state index is 12.0. The molecule has 0 amide bonds. The van der Waals surface area contributed by atoms with Gasteiger partial charge < -0.3 is 15.2 Å². The first-order valence-electron chi connectivity index (χ1n) is 8.04. The molecule has 1 heterocycles. The summed E-state index contributed by atoms with van der Waals surface area (Å²) in [4.78, 5) is 4.54. The summed E-state index contributed by atoms with van der Waals surface area (Å²) in [7, 11) is -0.703. The Labute approximate surface area is 134 Å². The average molecular weight is 326 g/mol. The van der Waals surface area contributed by atoms with E-state index in [1.807, 2.05) is 19.9 Å². The molecule has 7 heteroatoms. The maximum Gasteiger partial charge on any atom is 0.191 e. The summed E-state index contributed by atoms with van der Waals surface area (Å²) in [5.41, 5.74) is 0.811. The van der Waals surface area contributed by atoms with E-state index < -0.39 is 10.8 Å². The molecule has 0 spiro atoms. The Bertz CT molecular complexity index is 490. The van der Waals surface area contributed by atoms with Gasteiger partial charge in [0.2, 0.25) is 0 Å². The van der Waals surface area contributed by atoms with E-state index in [0.717, 1.165) is 49.6 Å². The van der Waals surface area contributed by atoms with Crippen molar-refractivity contribution in [1.29, 1.82) is 0 Å². The molecule has 0 bridgehead atoms. The highest BCUT2D eigenvalue weighted by atomic mass is 32.2. The molecule has 3 atom stereocenters. The number of guanidine groups is 1. The van der Waals surface area contributed by atoms with Crippen LogP contribution < -0.4 is 10.6 Å². The summed E-state index contributed by atoms with van der Waals surface area (Å²) in [5, 5.41) is 10.9. The Morgan fingerprint density at radius 3 is 3.05 bits per heavy atom. The van der Waals surface area contributed by atoms with Crippen molar-refractivity contribution in [2.24, 2.45) is 4.99 Å². The van der Waals surface area contributed by atoms with Crippen molar-refractivity contribution in [2.75, 3.05) is 12.3 Å². The molecule has 1 saturated carbocycles. The van der Waals surface area contributed by atoms with Gasteiger partial charge in [-0.2, -0.15) is 0 Å². The summed E-state index contributed by atoms with van der Waals surface area (Å²) < 4.78 is 16.8. The molecule has 1 aliphatic carbocycles. The molecule has 0 saturated heterocycles.